The summed E-state index contributed by atoms with van der Waals surface area (Å²) in [7, 11) is -4.02. The third-order valence-corrected chi connectivity index (χ3v) is 2.88. The number of aliphatic hydroxyl groups excluding tert-OH is 1. The highest BCUT2D eigenvalue weighted by Gasteiger charge is 2.06. The van der Waals surface area contributed by atoms with Gasteiger partial charge in [-0.15, -0.1) is 0 Å². The van der Waals surface area contributed by atoms with E-state index in [-0.39, 0.29) is 11.5 Å². The molecule has 1 aromatic rings. The van der Waals surface area contributed by atoms with Crippen molar-refractivity contribution in [2.24, 2.45) is 0 Å². The lowest BCUT2D eigenvalue weighted by Gasteiger charge is -1.95. The Labute approximate surface area is 109 Å². The average molecular weight is 272 g/mol. The molecule has 0 saturated heterocycles. The Morgan fingerprint density at radius 1 is 1.17 bits per heavy atom. The lowest BCUT2D eigenvalue weighted by atomic mass is 10.2. The van der Waals surface area contributed by atoms with Crippen molar-refractivity contribution in [3.63, 3.8) is 0 Å². The number of hydrogen-bond donors (Lipinski definition) is 2. The summed E-state index contributed by atoms with van der Waals surface area (Å²) in [4.78, 5) is -0.0666. The molecule has 0 heterocycles. The fourth-order valence-corrected chi connectivity index (χ4v) is 1.55. The van der Waals surface area contributed by atoms with Gasteiger partial charge in [-0.2, -0.15) is 8.42 Å². The van der Waals surface area contributed by atoms with Crippen LogP contribution in [0, 0.1) is 6.92 Å². The van der Waals surface area contributed by atoms with Gasteiger partial charge in [0.1, 0.15) is 0 Å². The van der Waals surface area contributed by atoms with Gasteiger partial charge in [-0.1, -0.05) is 36.8 Å². The van der Waals surface area contributed by atoms with E-state index < -0.39 is 10.1 Å². The molecule has 1 rings (SSSR count). The molecule has 102 valence electrons. The van der Waals surface area contributed by atoms with Gasteiger partial charge in [0.2, 0.25) is 0 Å². The maximum atomic E-state index is 10.5. The van der Waals surface area contributed by atoms with E-state index in [9.17, 15) is 8.42 Å². The summed E-state index contributed by atoms with van der Waals surface area (Å²) >= 11 is 0. The van der Waals surface area contributed by atoms with E-state index >= 15 is 0 Å². The Morgan fingerprint density at radius 2 is 1.72 bits per heavy atom. The van der Waals surface area contributed by atoms with Crippen molar-refractivity contribution in [3.8, 4) is 0 Å². The molecule has 2 N–H and O–H groups in total. The lowest BCUT2D eigenvalue weighted by molar-refractivity contribution is 0.302. The third-order valence-electron chi connectivity index (χ3n) is 2.02. The van der Waals surface area contributed by atoms with E-state index in [1.807, 2.05) is 13.0 Å². The van der Waals surface area contributed by atoms with E-state index in [0.717, 1.165) is 18.4 Å². The predicted molar refractivity (Wildman–Crippen MR) is 72.1 cm³/mol. The van der Waals surface area contributed by atoms with Crippen LogP contribution < -0.4 is 0 Å². The highest BCUT2D eigenvalue weighted by molar-refractivity contribution is 7.85. The van der Waals surface area contributed by atoms with Crippen LogP contribution in [-0.4, -0.2) is 24.7 Å². The second-order valence-corrected chi connectivity index (χ2v) is 5.10. The van der Waals surface area contributed by atoms with E-state index in [1.165, 1.54) is 12.1 Å². The van der Waals surface area contributed by atoms with Crippen molar-refractivity contribution in [1.82, 2.24) is 0 Å². The second-order valence-electron chi connectivity index (χ2n) is 3.68. The summed E-state index contributed by atoms with van der Waals surface area (Å²) in [5.41, 5.74) is 0.956. The van der Waals surface area contributed by atoms with E-state index in [2.05, 4.69) is 13.0 Å². The van der Waals surface area contributed by atoms with E-state index in [0.29, 0.717) is 0 Å². The molecule has 0 aromatic heterocycles. The molecule has 0 atom stereocenters. The minimum absolute atomic E-state index is 0.0666. The van der Waals surface area contributed by atoms with Crippen molar-refractivity contribution in [2.75, 3.05) is 6.61 Å². The molecule has 0 spiro atoms. The Hall–Kier alpha value is -1.17. The van der Waals surface area contributed by atoms with Gasteiger partial charge in [0.25, 0.3) is 10.1 Å². The van der Waals surface area contributed by atoms with Crippen molar-refractivity contribution in [1.29, 1.82) is 0 Å². The van der Waals surface area contributed by atoms with E-state index in [1.54, 1.807) is 12.1 Å². The van der Waals surface area contributed by atoms with Gasteiger partial charge >= 0.3 is 0 Å². The first kappa shape index (κ1) is 16.8. The monoisotopic (exact) mass is 272 g/mol. The van der Waals surface area contributed by atoms with Crippen LogP contribution in [0.3, 0.4) is 0 Å². The van der Waals surface area contributed by atoms with Crippen LogP contribution in [-0.2, 0) is 10.1 Å². The SMILES string of the molecule is CC/C=C\CCO.Cc1ccc(S(=O)(=O)O)cc1. The van der Waals surface area contributed by atoms with Crippen LogP contribution in [0.25, 0.3) is 0 Å². The summed E-state index contributed by atoms with van der Waals surface area (Å²) in [5.74, 6) is 0. The molecule has 0 aliphatic heterocycles. The number of hydrogen-bond acceptors (Lipinski definition) is 3. The molecule has 0 fully saturated rings. The molecule has 0 saturated carbocycles. The molecule has 4 nitrogen and oxygen atoms in total. The molecule has 18 heavy (non-hydrogen) atoms. The molecule has 0 bridgehead atoms. The molecule has 1 aromatic carbocycles. The first-order chi connectivity index (χ1) is 8.41. The minimum Gasteiger partial charge on any atom is -0.396 e. The average Bonchev–Trinajstić information content (AvgIpc) is 2.30. The smallest absolute Gasteiger partial charge is 0.294 e. The normalized spacial score (nSPS) is 11.1. The summed E-state index contributed by atoms with van der Waals surface area (Å²) < 4.78 is 29.6. The lowest BCUT2D eigenvalue weighted by Crippen LogP contribution is -1.96. The quantitative estimate of drug-likeness (QED) is 0.652. The van der Waals surface area contributed by atoms with Crippen molar-refractivity contribution in [3.05, 3.63) is 42.0 Å². The van der Waals surface area contributed by atoms with Crippen molar-refractivity contribution < 1.29 is 18.1 Å². The van der Waals surface area contributed by atoms with Crippen molar-refractivity contribution >= 4 is 10.1 Å². The van der Waals surface area contributed by atoms with Crippen molar-refractivity contribution in [2.45, 2.75) is 31.6 Å². The molecular formula is C13H20O4S. The largest absolute Gasteiger partial charge is 0.396 e. The van der Waals surface area contributed by atoms with Gasteiger partial charge in [-0.3, -0.25) is 4.55 Å². The van der Waals surface area contributed by atoms with Crippen LogP contribution in [0.2, 0.25) is 0 Å². The first-order valence-corrected chi connectivity index (χ1v) is 7.15. The zero-order valence-corrected chi connectivity index (χ0v) is 11.5. The molecule has 0 amide bonds. The zero-order valence-electron chi connectivity index (χ0n) is 10.7. The number of benzene rings is 1. The summed E-state index contributed by atoms with van der Waals surface area (Å²) in [6, 6.07) is 5.99. The molecular weight excluding hydrogens is 252 g/mol. The van der Waals surface area contributed by atoms with Gasteiger partial charge in [-0.05, 0) is 31.9 Å². The number of aryl methyl sites for hydroxylation is 1. The Kier molecular flexibility index (Phi) is 8.28. The van der Waals surface area contributed by atoms with Crippen LogP contribution in [0.4, 0.5) is 0 Å². The Bertz CT molecular complexity index is 446. The van der Waals surface area contributed by atoms with Gasteiger partial charge in [0, 0.05) is 6.61 Å². The number of rotatable bonds is 4. The predicted octanol–water partition coefficient (Wildman–Crippen LogP) is 2.58. The molecule has 0 aliphatic carbocycles. The maximum absolute atomic E-state index is 10.5. The van der Waals surface area contributed by atoms with E-state index in [4.69, 9.17) is 9.66 Å². The highest BCUT2D eigenvalue weighted by Crippen LogP contribution is 2.08. The van der Waals surface area contributed by atoms with Gasteiger partial charge < -0.3 is 5.11 Å². The molecule has 5 heteroatoms. The second kappa shape index (κ2) is 8.85. The van der Waals surface area contributed by atoms with Gasteiger partial charge in [0.05, 0.1) is 4.90 Å². The fraction of sp³-hybridized carbons (Fsp3) is 0.385. The fourth-order valence-electron chi connectivity index (χ4n) is 1.07. The molecule has 0 radical (unpaired) electrons. The Balaban J connectivity index is 0.000000360. The number of aliphatic hydroxyl groups is 1. The zero-order chi connectivity index (χ0) is 14.0. The highest BCUT2D eigenvalue weighted by atomic mass is 32.2. The topological polar surface area (TPSA) is 74.6 Å². The third kappa shape index (κ3) is 8.00. The summed E-state index contributed by atoms with van der Waals surface area (Å²) in [6.07, 6.45) is 5.91. The van der Waals surface area contributed by atoms with Crippen LogP contribution in [0.5, 0.6) is 0 Å². The van der Waals surface area contributed by atoms with Crippen LogP contribution in [0.1, 0.15) is 25.3 Å². The Morgan fingerprint density at radius 3 is 2.11 bits per heavy atom. The molecule has 0 unspecified atom stereocenters. The summed E-state index contributed by atoms with van der Waals surface area (Å²) in [5, 5.41) is 8.24. The standard InChI is InChI=1S/C7H8O3S.C6H12O/c1-6-2-4-7(5-3-6)11(8,9)10;1-2-3-4-5-6-7/h2-5H,1H3,(H,8,9,10);3-4,7H,2,5-6H2,1H3/b;4-3-. The number of allylic oxidation sites excluding steroid dienone is 1. The van der Waals surface area contributed by atoms with Gasteiger partial charge in [-0.25, -0.2) is 0 Å². The van der Waals surface area contributed by atoms with Crippen LogP contribution in [0.15, 0.2) is 41.3 Å². The molecule has 0 aliphatic rings. The maximum Gasteiger partial charge on any atom is 0.294 e. The summed E-state index contributed by atoms with van der Waals surface area (Å²) in [6.45, 7) is 4.19. The van der Waals surface area contributed by atoms with Crippen LogP contribution >= 0.6 is 0 Å². The van der Waals surface area contributed by atoms with Gasteiger partial charge in [0.15, 0.2) is 0 Å². The first-order valence-electron chi connectivity index (χ1n) is 5.71. The minimum atomic E-state index is -4.02.